The van der Waals surface area contributed by atoms with E-state index in [1.807, 2.05) is 37.3 Å². The van der Waals surface area contributed by atoms with Crippen molar-refractivity contribution in [2.45, 2.75) is 45.1 Å². The topological polar surface area (TPSA) is 73.1 Å². The number of rotatable bonds is 6. The van der Waals surface area contributed by atoms with Crippen molar-refractivity contribution >= 4 is 5.78 Å². The molecule has 2 aromatic rings. The van der Waals surface area contributed by atoms with Gasteiger partial charge in [-0.15, -0.1) is 0 Å². The van der Waals surface area contributed by atoms with Gasteiger partial charge in [0.2, 0.25) is 0 Å². The number of benzene rings is 2. The molecule has 0 aromatic heterocycles. The third-order valence-corrected chi connectivity index (χ3v) is 5.29. The number of carbonyl (C=O) groups excluding carboxylic acids is 1. The molecule has 1 aliphatic rings. The van der Waals surface area contributed by atoms with Gasteiger partial charge in [0.05, 0.1) is 18.0 Å². The van der Waals surface area contributed by atoms with E-state index < -0.39 is 0 Å². The lowest BCUT2D eigenvalue weighted by Crippen LogP contribution is -2.41. The lowest BCUT2D eigenvalue weighted by molar-refractivity contribution is -0.122. The molecule has 0 saturated carbocycles. The zero-order valence-electron chi connectivity index (χ0n) is 15.7. The first-order valence-electron chi connectivity index (χ1n) is 9.61. The van der Waals surface area contributed by atoms with Gasteiger partial charge in [0, 0.05) is 6.42 Å². The van der Waals surface area contributed by atoms with Gasteiger partial charge >= 0.3 is 0 Å². The molecule has 4 heteroatoms. The Balaban J connectivity index is 1.64. The van der Waals surface area contributed by atoms with E-state index in [1.165, 1.54) is 0 Å². The van der Waals surface area contributed by atoms with Crippen LogP contribution >= 0.6 is 0 Å². The van der Waals surface area contributed by atoms with Gasteiger partial charge in [0.1, 0.15) is 5.75 Å². The first-order chi connectivity index (χ1) is 13.1. The van der Waals surface area contributed by atoms with Crippen LogP contribution in [0.15, 0.2) is 42.5 Å². The maximum Gasteiger partial charge on any atom is 0.151 e. The lowest BCUT2D eigenvalue weighted by Gasteiger charge is -2.23. The van der Waals surface area contributed by atoms with Crippen molar-refractivity contribution in [3.05, 3.63) is 53.6 Å². The van der Waals surface area contributed by atoms with Crippen LogP contribution in [-0.2, 0) is 11.2 Å². The Morgan fingerprint density at radius 2 is 2.04 bits per heavy atom. The summed E-state index contributed by atoms with van der Waals surface area (Å²) in [5.74, 6) is 0.141. The van der Waals surface area contributed by atoms with E-state index in [0.717, 1.165) is 48.1 Å². The highest BCUT2D eigenvalue weighted by atomic mass is 16.3. The van der Waals surface area contributed by atoms with E-state index >= 15 is 0 Å². The van der Waals surface area contributed by atoms with Crippen LogP contribution in [0.3, 0.4) is 0 Å². The normalized spacial score (nSPS) is 17.9. The minimum Gasteiger partial charge on any atom is -0.508 e. The van der Waals surface area contributed by atoms with E-state index in [4.69, 9.17) is 0 Å². The van der Waals surface area contributed by atoms with E-state index in [9.17, 15) is 15.2 Å². The largest absolute Gasteiger partial charge is 0.508 e. The Bertz CT molecular complexity index is 830. The number of aromatic hydroxyl groups is 1. The average Bonchev–Trinajstić information content (AvgIpc) is 2.69. The summed E-state index contributed by atoms with van der Waals surface area (Å²) in [4.78, 5) is 12.4. The van der Waals surface area contributed by atoms with Crippen molar-refractivity contribution < 1.29 is 9.90 Å². The summed E-state index contributed by atoms with van der Waals surface area (Å²) in [6.45, 7) is 2.87. The van der Waals surface area contributed by atoms with Gasteiger partial charge < -0.3 is 10.4 Å². The van der Waals surface area contributed by atoms with Crippen molar-refractivity contribution in [3.63, 3.8) is 0 Å². The van der Waals surface area contributed by atoms with Gasteiger partial charge in [-0.25, -0.2) is 0 Å². The first kappa shape index (κ1) is 19.1. The van der Waals surface area contributed by atoms with Crippen LogP contribution in [0.1, 0.15) is 36.8 Å². The standard InChI is InChI=1S/C23H26N2O2/c1-16-12-20(26)9-10-21(16)19-7-5-17(6-8-19)13-18(15-24)14-23(27)22-4-2-3-11-25-22/h5-10,12,18,22,25-26H,2-4,11,13-14H2,1H3/t18-,22+/m1/s1. The quantitative estimate of drug-likeness (QED) is 0.809. The summed E-state index contributed by atoms with van der Waals surface area (Å²) in [5, 5.41) is 22.3. The minimum atomic E-state index is -0.289. The van der Waals surface area contributed by atoms with Crippen molar-refractivity contribution in [3.8, 4) is 22.9 Å². The number of Topliss-reactive ketones (excluding diaryl/α,β-unsaturated/α-hetero) is 1. The molecule has 3 rings (SSSR count). The SMILES string of the molecule is Cc1cc(O)ccc1-c1ccc(C[C@@H](C#N)CC(=O)[C@@H]2CCCCN2)cc1. The second kappa shape index (κ2) is 8.83. The molecule has 1 aliphatic heterocycles. The molecule has 0 bridgehead atoms. The zero-order valence-corrected chi connectivity index (χ0v) is 15.7. The number of hydrogen-bond acceptors (Lipinski definition) is 4. The number of aryl methyl sites for hydroxylation is 1. The van der Waals surface area contributed by atoms with Crippen LogP contribution in [0.25, 0.3) is 11.1 Å². The number of ketones is 1. The molecule has 1 saturated heterocycles. The van der Waals surface area contributed by atoms with Crippen LogP contribution in [0, 0.1) is 24.2 Å². The van der Waals surface area contributed by atoms with Crippen LogP contribution in [0.4, 0.5) is 0 Å². The summed E-state index contributed by atoms with van der Waals surface area (Å²) < 4.78 is 0. The van der Waals surface area contributed by atoms with Crippen molar-refractivity contribution in [2.75, 3.05) is 6.54 Å². The van der Waals surface area contributed by atoms with Crippen molar-refractivity contribution in [2.24, 2.45) is 5.92 Å². The number of phenols is 1. The fraction of sp³-hybridized carbons (Fsp3) is 0.391. The molecule has 27 heavy (non-hydrogen) atoms. The zero-order chi connectivity index (χ0) is 19.2. The molecule has 2 aromatic carbocycles. The predicted molar refractivity (Wildman–Crippen MR) is 106 cm³/mol. The van der Waals surface area contributed by atoms with Gasteiger partial charge in [-0.2, -0.15) is 5.26 Å². The number of nitriles is 1. The molecule has 0 aliphatic carbocycles. The molecule has 1 fully saturated rings. The molecule has 2 N–H and O–H groups in total. The summed E-state index contributed by atoms with van der Waals surface area (Å²) in [7, 11) is 0. The maximum absolute atomic E-state index is 12.4. The monoisotopic (exact) mass is 362 g/mol. The third-order valence-electron chi connectivity index (χ3n) is 5.29. The highest BCUT2D eigenvalue weighted by molar-refractivity contribution is 5.84. The Morgan fingerprint density at radius 1 is 1.26 bits per heavy atom. The fourth-order valence-electron chi connectivity index (χ4n) is 3.75. The highest BCUT2D eigenvalue weighted by Gasteiger charge is 2.23. The average molecular weight is 362 g/mol. The number of carbonyl (C=O) groups is 1. The molecule has 0 unspecified atom stereocenters. The smallest absolute Gasteiger partial charge is 0.151 e. The Kier molecular flexibility index (Phi) is 6.26. The Morgan fingerprint density at radius 3 is 2.67 bits per heavy atom. The van der Waals surface area contributed by atoms with Gasteiger partial charge in [0.15, 0.2) is 5.78 Å². The van der Waals surface area contributed by atoms with Gasteiger partial charge in [-0.05, 0) is 67.1 Å². The summed E-state index contributed by atoms with van der Waals surface area (Å²) in [5.41, 5.74) is 4.23. The van der Waals surface area contributed by atoms with Crippen LogP contribution in [0.5, 0.6) is 5.75 Å². The van der Waals surface area contributed by atoms with E-state index in [1.54, 1.807) is 12.1 Å². The van der Waals surface area contributed by atoms with Crippen LogP contribution < -0.4 is 5.32 Å². The van der Waals surface area contributed by atoms with Crippen LogP contribution in [0.2, 0.25) is 0 Å². The summed E-state index contributed by atoms with van der Waals surface area (Å²) in [6.07, 6.45) is 3.99. The summed E-state index contributed by atoms with van der Waals surface area (Å²) in [6, 6.07) is 15.7. The molecule has 0 radical (unpaired) electrons. The number of phenolic OH excluding ortho intramolecular Hbond substituents is 1. The maximum atomic E-state index is 12.4. The first-order valence-corrected chi connectivity index (χ1v) is 9.61. The fourth-order valence-corrected chi connectivity index (χ4v) is 3.75. The van der Waals surface area contributed by atoms with E-state index in [2.05, 4.69) is 11.4 Å². The molecule has 140 valence electrons. The van der Waals surface area contributed by atoms with E-state index in [0.29, 0.717) is 12.8 Å². The third kappa shape index (κ3) is 4.96. The second-order valence-electron chi connectivity index (χ2n) is 7.40. The second-order valence-corrected chi connectivity index (χ2v) is 7.40. The van der Waals surface area contributed by atoms with Crippen LogP contribution in [-0.4, -0.2) is 23.5 Å². The Labute approximate surface area is 160 Å². The highest BCUT2D eigenvalue weighted by Crippen LogP contribution is 2.27. The number of nitrogens with one attached hydrogen (secondary N) is 1. The number of hydrogen-bond donors (Lipinski definition) is 2. The van der Waals surface area contributed by atoms with Crippen molar-refractivity contribution in [1.82, 2.24) is 5.32 Å². The predicted octanol–water partition coefficient (Wildman–Crippen LogP) is 4.15. The Hall–Kier alpha value is -2.64. The van der Waals surface area contributed by atoms with Gasteiger partial charge in [-0.3, -0.25) is 4.79 Å². The molecular weight excluding hydrogens is 336 g/mol. The lowest BCUT2D eigenvalue weighted by atomic mass is 9.90. The van der Waals surface area contributed by atoms with Crippen molar-refractivity contribution in [1.29, 1.82) is 5.26 Å². The molecule has 0 amide bonds. The number of nitrogens with zero attached hydrogens (tertiary/aromatic N) is 1. The molecular formula is C23H26N2O2. The number of piperidine rings is 1. The molecule has 4 nitrogen and oxygen atoms in total. The molecule has 0 spiro atoms. The minimum absolute atomic E-state index is 0.0746. The van der Waals surface area contributed by atoms with Gasteiger partial charge in [-0.1, -0.05) is 36.8 Å². The molecule has 2 atom stereocenters. The summed E-state index contributed by atoms with van der Waals surface area (Å²) >= 11 is 0. The van der Waals surface area contributed by atoms with E-state index in [-0.39, 0.29) is 23.5 Å². The van der Waals surface area contributed by atoms with Gasteiger partial charge in [0.25, 0.3) is 0 Å². The molecule has 1 heterocycles.